The van der Waals surface area contributed by atoms with Gasteiger partial charge in [0.1, 0.15) is 11.7 Å². The molecule has 2 aromatic heterocycles. The summed E-state index contributed by atoms with van der Waals surface area (Å²) in [6.45, 7) is 5.11. The topological polar surface area (TPSA) is 106 Å². The minimum Gasteiger partial charge on any atom is -0.381 e. The van der Waals surface area contributed by atoms with Crippen LogP contribution >= 0.6 is 0 Å². The van der Waals surface area contributed by atoms with Crippen LogP contribution in [0.25, 0.3) is 0 Å². The molecule has 3 heterocycles. The summed E-state index contributed by atoms with van der Waals surface area (Å²) in [5.41, 5.74) is 1.29. The number of hydrogen-bond acceptors (Lipinski definition) is 6. The van der Waals surface area contributed by atoms with Crippen molar-refractivity contribution in [3.8, 4) is 0 Å². The smallest absolute Gasteiger partial charge is 0.272 e. The number of nitrogens with one attached hydrogen (secondary N) is 2. The molecule has 1 aliphatic rings. The monoisotopic (exact) mass is 319 g/mol. The highest BCUT2D eigenvalue weighted by Gasteiger charge is 2.31. The molecule has 2 N–H and O–H groups in total. The maximum absolute atomic E-state index is 12.5. The molecule has 1 saturated heterocycles. The van der Waals surface area contributed by atoms with Gasteiger partial charge in [-0.25, -0.2) is 0 Å². The van der Waals surface area contributed by atoms with Crippen molar-refractivity contribution in [1.29, 1.82) is 0 Å². The van der Waals surface area contributed by atoms with Gasteiger partial charge >= 0.3 is 0 Å². The first-order valence-electron chi connectivity index (χ1n) is 7.90. The molecule has 0 spiro atoms. The number of nitrogens with zero attached hydrogens (tertiary/aromatic N) is 3. The molecule has 1 unspecified atom stereocenters. The van der Waals surface area contributed by atoms with Gasteiger partial charge in [-0.1, -0.05) is 12.1 Å². The van der Waals surface area contributed by atoms with Crippen LogP contribution in [0, 0.1) is 12.8 Å². The van der Waals surface area contributed by atoms with E-state index in [-0.39, 0.29) is 17.9 Å². The zero-order valence-corrected chi connectivity index (χ0v) is 13.3. The Morgan fingerprint density at radius 2 is 2.26 bits per heavy atom. The number of ether oxygens (including phenoxy) is 1. The highest BCUT2D eigenvalue weighted by molar-refractivity contribution is 5.92. The Morgan fingerprint density at radius 3 is 2.87 bits per heavy atom. The van der Waals surface area contributed by atoms with Gasteiger partial charge in [-0.2, -0.15) is 10.1 Å². The van der Waals surface area contributed by atoms with Gasteiger partial charge in [0.05, 0.1) is 0 Å². The molecule has 0 aromatic carbocycles. The van der Waals surface area contributed by atoms with E-state index in [1.54, 1.807) is 13.0 Å². The molecular weight excluding hydrogens is 298 g/mol. The fraction of sp³-hybridized carbons (Fsp3) is 0.600. The molecule has 1 amide bonds. The lowest BCUT2D eigenvalue weighted by Crippen LogP contribution is -2.36. The van der Waals surface area contributed by atoms with E-state index in [1.165, 1.54) is 0 Å². The summed E-state index contributed by atoms with van der Waals surface area (Å²) in [5.74, 6) is 0.957. The molecular formula is C15H21N5O3. The number of amides is 1. The van der Waals surface area contributed by atoms with Crippen molar-refractivity contribution in [2.75, 3.05) is 13.2 Å². The Kier molecular flexibility index (Phi) is 4.71. The van der Waals surface area contributed by atoms with Crippen molar-refractivity contribution in [3.63, 3.8) is 0 Å². The Bertz CT molecular complexity index is 660. The lowest BCUT2D eigenvalue weighted by atomic mass is 9.91. The van der Waals surface area contributed by atoms with E-state index in [0.717, 1.165) is 25.0 Å². The van der Waals surface area contributed by atoms with E-state index in [9.17, 15) is 4.79 Å². The average Bonchev–Trinajstić information content (AvgIpc) is 3.22. The number of carbonyl (C=O) groups is 1. The van der Waals surface area contributed by atoms with Crippen molar-refractivity contribution in [2.45, 2.75) is 39.2 Å². The lowest BCUT2D eigenvalue weighted by molar-refractivity contribution is 0.0467. The molecule has 0 radical (unpaired) electrons. The third-order valence-electron chi connectivity index (χ3n) is 4.08. The molecule has 3 rings (SSSR count). The van der Waals surface area contributed by atoms with Gasteiger partial charge < -0.3 is 14.6 Å². The Morgan fingerprint density at radius 1 is 1.48 bits per heavy atom. The zero-order chi connectivity index (χ0) is 16.2. The minimum atomic E-state index is -0.325. The van der Waals surface area contributed by atoms with Crippen LogP contribution in [0.3, 0.4) is 0 Å². The predicted molar refractivity (Wildman–Crippen MR) is 80.8 cm³/mol. The van der Waals surface area contributed by atoms with Crippen LogP contribution in [0.15, 0.2) is 10.6 Å². The first kappa shape index (κ1) is 15.7. The SMILES string of the molecule is CCc1cc(C(=O)NC(c2nc(C)no2)C2CCOCC2)n[nH]1. The van der Waals surface area contributed by atoms with Crippen LogP contribution in [0.5, 0.6) is 0 Å². The number of carbonyl (C=O) groups excluding carboxylic acids is 1. The fourth-order valence-electron chi connectivity index (χ4n) is 2.74. The van der Waals surface area contributed by atoms with Gasteiger partial charge in [-0.3, -0.25) is 9.89 Å². The molecule has 8 nitrogen and oxygen atoms in total. The van der Waals surface area contributed by atoms with E-state index in [0.29, 0.717) is 30.6 Å². The Hall–Kier alpha value is -2.22. The first-order chi connectivity index (χ1) is 11.2. The third-order valence-corrected chi connectivity index (χ3v) is 4.08. The summed E-state index contributed by atoms with van der Waals surface area (Å²) in [5, 5.41) is 13.7. The molecule has 1 fully saturated rings. The maximum atomic E-state index is 12.5. The summed E-state index contributed by atoms with van der Waals surface area (Å²) >= 11 is 0. The molecule has 0 aliphatic carbocycles. The second-order valence-electron chi connectivity index (χ2n) is 5.71. The van der Waals surface area contributed by atoms with Crippen molar-refractivity contribution in [3.05, 3.63) is 29.2 Å². The lowest BCUT2D eigenvalue weighted by Gasteiger charge is -2.28. The van der Waals surface area contributed by atoms with Crippen molar-refractivity contribution >= 4 is 5.91 Å². The molecule has 8 heteroatoms. The van der Waals surface area contributed by atoms with Gasteiger partial charge in [-0.05, 0) is 38.2 Å². The third kappa shape index (κ3) is 3.58. The molecule has 0 bridgehead atoms. The summed E-state index contributed by atoms with van der Waals surface area (Å²) < 4.78 is 10.7. The van der Waals surface area contributed by atoms with E-state index < -0.39 is 0 Å². The predicted octanol–water partition coefficient (Wildman–Crippen LogP) is 1.56. The minimum absolute atomic E-state index is 0.206. The number of aromatic amines is 1. The molecule has 124 valence electrons. The van der Waals surface area contributed by atoms with Gasteiger partial charge in [-0.15, -0.1) is 0 Å². The first-order valence-corrected chi connectivity index (χ1v) is 7.90. The largest absolute Gasteiger partial charge is 0.381 e. The standard InChI is InChI=1S/C15H21N5O3/c1-3-11-8-12(19-18-11)14(21)17-13(10-4-6-22-7-5-10)15-16-9(2)20-23-15/h8,10,13H,3-7H2,1-2H3,(H,17,21)(H,18,19). The molecule has 1 atom stereocenters. The van der Waals surface area contributed by atoms with E-state index in [1.807, 2.05) is 6.92 Å². The molecule has 0 saturated carbocycles. The van der Waals surface area contributed by atoms with Crippen LogP contribution < -0.4 is 5.32 Å². The molecule has 1 aliphatic heterocycles. The zero-order valence-electron chi connectivity index (χ0n) is 13.3. The van der Waals surface area contributed by atoms with Gasteiger partial charge in [0.15, 0.2) is 5.82 Å². The number of aryl methyl sites for hydroxylation is 2. The van der Waals surface area contributed by atoms with Crippen LogP contribution in [0.1, 0.15) is 53.7 Å². The van der Waals surface area contributed by atoms with E-state index in [2.05, 4.69) is 25.7 Å². The van der Waals surface area contributed by atoms with Gasteiger partial charge in [0.2, 0.25) is 5.89 Å². The quantitative estimate of drug-likeness (QED) is 0.866. The second kappa shape index (κ2) is 6.91. The fourth-order valence-corrected chi connectivity index (χ4v) is 2.74. The van der Waals surface area contributed by atoms with E-state index >= 15 is 0 Å². The Labute approximate surface area is 134 Å². The van der Waals surface area contributed by atoms with Crippen LogP contribution in [0.2, 0.25) is 0 Å². The maximum Gasteiger partial charge on any atom is 0.272 e. The number of hydrogen-bond donors (Lipinski definition) is 2. The van der Waals surface area contributed by atoms with Gasteiger partial charge in [0.25, 0.3) is 5.91 Å². The molecule has 2 aromatic rings. The van der Waals surface area contributed by atoms with Crippen molar-refractivity contribution < 1.29 is 14.1 Å². The summed E-state index contributed by atoms with van der Waals surface area (Å²) in [6.07, 6.45) is 2.48. The Balaban J connectivity index is 1.78. The average molecular weight is 319 g/mol. The number of rotatable bonds is 5. The molecule has 23 heavy (non-hydrogen) atoms. The van der Waals surface area contributed by atoms with Crippen LogP contribution in [-0.4, -0.2) is 39.5 Å². The number of H-pyrrole nitrogens is 1. The highest BCUT2D eigenvalue weighted by Crippen LogP contribution is 2.29. The second-order valence-corrected chi connectivity index (χ2v) is 5.71. The van der Waals surface area contributed by atoms with E-state index in [4.69, 9.17) is 9.26 Å². The normalized spacial score (nSPS) is 17.1. The van der Waals surface area contributed by atoms with Crippen LogP contribution in [0.4, 0.5) is 0 Å². The van der Waals surface area contributed by atoms with Gasteiger partial charge in [0, 0.05) is 18.9 Å². The summed E-state index contributed by atoms with van der Waals surface area (Å²) in [7, 11) is 0. The van der Waals surface area contributed by atoms with Crippen LogP contribution in [-0.2, 0) is 11.2 Å². The summed E-state index contributed by atoms with van der Waals surface area (Å²) in [6, 6.07) is 1.43. The highest BCUT2D eigenvalue weighted by atomic mass is 16.5. The van der Waals surface area contributed by atoms with Crippen molar-refractivity contribution in [2.24, 2.45) is 5.92 Å². The summed E-state index contributed by atoms with van der Waals surface area (Å²) in [4.78, 5) is 16.8. The number of aromatic nitrogens is 4. The van der Waals surface area contributed by atoms with Crippen molar-refractivity contribution in [1.82, 2.24) is 25.7 Å².